The van der Waals surface area contributed by atoms with Crippen LogP contribution in [0, 0.1) is 13.8 Å². The Labute approximate surface area is 71.3 Å². The van der Waals surface area contributed by atoms with Crippen molar-refractivity contribution in [3.8, 4) is 0 Å². The van der Waals surface area contributed by atoms with Crippen LogP contribution in [0.4, 0.5) is 0 Å². The molecule has 0 saturated carbocycles. The van der Waals surface area contributed by atoms with Crippen LogP contribution in [0.15, 0.2) is 12.1 Å². The predicted octanol–water partition coefficient (Wildman–Crippen LogP) is 0.134. The van der Waals surface area contributed by atoms with Crippen molar-refractivity contribution < 1.29 is 4.79 Å². The van der Waals surface area contributed by atoms with Crippen molar-refractivity contribution in [3.05, 3.63) is 23.5 Å². The monoisotopic (exact) mass is 167 g/mol. The smallest absolute Gasteiger partial charge is 0.238 e. The van der Waals surface area contributed by atoms with E-state index in [0.29, 0.717) is 0 Å². The first-order valence-electron chi connectivity index (χ1n) is 3.78. The van der Waals surface area contributed by atoms with Gasteiger partial charge in [0.15, 0.2) is 0 Å². The highest BCUT2D eigenvalue weighted by Gasteiger charge is 2.00. The molecule has 0 spiro atoms. The Balaban J connectivity index is 2.68. The van der Waals surface area contributed by atoms with E-state index in [1.54, 1.807) is 0 Å². The topological polar surface area (TPSA) is 60.1 Å². The summed E-state index contributed by atoms with van der Waals surface area (Å²) in [6.07, 6.45) is 0. The Hall–Kier alpha value is -1.45. The van der Waals surface area contributed by atoms with Gasteiger partial charge in [-0.1, -0.05) is 0 Å². The maximum atomic E-state index is 10.5. The standard InChI is InChI=1S/C8H13N3O/c1-6-3-4-7(2)11(6)10-5-8(9)12/h3-4,10H,5H2,1-2H3,(H2,9,12). The molecule has 0 fully saturated rings. The van der Waals surface area contributed by atoms with Gasteiger partial charge in [0.1, 0.15) is 6.54 Å². The summed E-state index contributed by atoms with van der Waals surface area (Å²) in [6.45, 7) is 4.08. The second-order valence-corrected chi connectivity index (χ2v) is 2.75. The molecule has 1 aromatic rings. The predicted molar refractivity (Wildman–Crippen MR) is 47.3 cm³/mol. The highest BCUT2D eigenvalue weighted by molar-refractivity contribution is 5.77. The average molecular weight is 167 g/mol. The Morgan fingerprint density at radius 1 is 1.50 bits per heavy atom. The van der Waals surface area contributed by atoms with E-state index in [1.165, 1.54) is 0 Å². The number of hydrogen-bond donors (Lipinski definition) is 2. The Bertz CT molecular complexity index is 271. The van der Waals surface area contributed by atoms with Gasteiger partial charge in [0.25, 0.3) is 0 Å². The van der Waals surface area contributed by atoms with Gasteiger partial charge in [0.2, 0.25) is 5.91 Å². The van der Waals surface area contributed by atoms with Crippen molar-refractivity contribution in [2.24, 2.45) is 5.73 Å². The lowest BCUT2D eigenvalue weighted by Crippen LogP contribution is -2.28. The minimum absolute atomic E-state index is 0.163. The second kappa shape index (κ2) is 3.30. The fourth-order valence-electron chi connectivity index (χ4n) is 1.07. The van der Waals surface area contributed by atoms with Gasteiger partial charge in [-0.2, -0.15) is 0 Å². The van der Waals surface area contributed by atoms with E-state index in [0.717, 1.165) is 11.4 Å². The summed E-state index contributed by atoms with van der Waals surface area (Å²) in [4.78, 5) is 10.5. The first-order chi connectivity index (χ1) is 5.61. The minimum Gasteiger partial charge on any atom is -0.368 e. The number of nitrogens with zero attached hydrogens (tertiary/aromatic N) is 1. The molecule has 4 heteroatoms. The summed E-state index contributed by atoms with van der Waals surface area (Å²) in [5, 5.41) is 0. The van der Waals surface area contributed by atoms with E-state index in [9.17, 15) is 4.79 Å². The maximum absolute atomic E-state index is 10.5. The van der Waals surface area contributed by atoms with Crippen LogP contribution in [0.3, 0.4) is 0 Å². The van der Waals surface area contributed by atoms with E-state index in [-0.39, 0.29) is 12.5 Å². The van der Waals surface area contributed by atoms with Crippen molar-refractivity contribution in [1.82, 2.24) is 4.68 Å². The van der Waals surface area contributed by atoms with Gasteiger partial charge in [-0.15, -0.1) is 0 Å². The van der Waals surface area contributed by atoms with Crippen molar-refractivity contribution in [2.75, 3.05) is 12.0 Å². The summed E-state index contributed by atoms with van der Waals surface area (Å²) in [7, 11) is 0. The highest BCUT2D eigenvalue weighted by atomic mass is 16.1. The molecule has 0 aromatic carbocycles. The van der Waals surface area contributed by atoms with Crippen LogP contribution in [0.25, 0.3) is 0 Å². The molecule has 0 aliphatic rings. The van der Waals surface area contributed by atoms with Crippen LogP contribution in [0.5, 0.6) is 0 Å². The zero-order chi connectivity index (χ0) is 9.14. The Morgan fingerprint density at radius 2 is 2.00 bits per heavy atom. The number of primary amides is 1. The third kappa shape index (κ3) is 1.78. The molecule has 1 heterocycles. The fraction of sp³-hybridized carbons (Fsp3) is 0.375. The molecule has 0 radical (unpaired) electrons. The minimum atomic E-state index is -0.359. The van der Waals surface area contributed by atoms with E-state index >= 15 is 0 Å². The number of nitrogens with one attached hydrogen (secondary N) is 1. The third-order valence-electron chi connectivity index (χ3n) is 1.68. The first-order valence-corrected chi connectivity index (χ1v) is 3.78. The zero-order valence-electron chi connectivity index (χ0n) is 7.29. The molecule has 1 amide bonds. The van der Waals surface area contributed by atoms with Gasteiger partial charge in [-0.25, -0.2) is 0 Å². The summed E-state index contributed by atoms with van der Waals surface area (Å²) >= 11 is 0. The molecule has 0 atom stereocenters. The molecule has 0 saturated heterocycles. The molecule has 66 valence electrons. The number of hydrogen-bond acceptors (Lipinski definition) is 2. The SMILES string of the molecule is Cc1ccc(C)n1NCC(N)=O. The zero-order valence-corrected chi connectivity index (χ0v) is 7.29. The Morgan fingerprint density at radius 3 is 2.42 bits per heavy atom. The molecule has 1 aromatic heterocycles. The molecule has 0 aliphatic carbocycles. The molecule has 4 nitrogen and oxygen atoms in total. The summed E-state index contributed by atoms with van der Waals surface area (Å²) in [6, 6.07) is 3.95. The number of aromatic nitrogens is 1. The van der Waals surface area contributed by atoms with E-state index in [4.69, 9.17) is 5.73 Å². The maximum Gasteiger partial charge on any atom is 0.238 e. The lowest BCUT2D eigenvalue weighted by molar-refractivity contribution is -0.116. The van der Waals surface area contributed by atoms with Gasteiger partial charge < -0.3 is 11.2 Å². The number of carbonyl (C=O) groups is 1. The van der Waals surface area contributed by atoms with Crippen LogP contribution in [-0.2, 0) is 4.79 Å². The van der Waals surface area contributed by atoms with Gasteiger partial charge in [-0.3, -0.25) is 9.47 Å². The highest BCUT2D eigenvalue weighted by Crippen LogP contribution is 2.03. The van der Waals surface area contributed by atoms with Crippen LogP contribution < -0.4 is 11.2 Å². The molecular formula is C8H13N3O. The van der Waals surface area contributed by atoms with Gasteiger partial charge in [0, 0.05) is 11.4 Å². The van der Waals surface area contributed by atoms with Crippen LogP contribution >= 0.6 is 0 Å². The van der Waals surface area contributed by atoms with E-state index in [2.05, 4.69) is 5.43 Å². The third-order valence-corrected chi connectivity index (χ3v) is 1.68. The lowest BCUT2D eigenvalue weighted by Gasteiger charge is -2.10. The summed E-state index contributed by atoms with van der Waals surface area (Å²) in [5.41, 5.74) is 10.0. The molecule has 0 bridgehead atoms. The number of aryl methyl sites for hydroxylation is 2. The lowest BCUT2D eigenvalue weighted by atomic mass is 10.5. The van der Waals surface area contributed by atoms with Crippen molar-refractivity contribution in [2.45, 2.75) is 13.8 Å². The van der Waals surface area contributed by atoms with Gasteiger partial charge in [-0.05, 0) is 26.0 Å². The number of amides is 1. The Kier molecular flexibility index (Phi) is 2.38. The summed E-state index contributed by atoms with van der Waals surface area (Å²) < 4.78 is 1.84. The summed E-state index contributed by atoms with van der Waals surface area (Å²) in [5.74, 6) is -0.359. The van der Waals surface area contributed by atoms with E-state index < -0.39 is 0 Å². The quantitative estimate of drug-likeness (QED) is 0.672. The molecule has 1 rings (SSSR count). The number of carbonyl (C=O) groups excluding carboxylic acids is 1. The van der Waals surface area contributed by atoms with E-state index in [1.807, 2.05) is 30.7 Å². The fourth-order valence-corrected chi connectivity index (χ4v) is 1.07. The van der Waals surface area contributed by atoms with Gasteiger partial charge in [0.05, 0.1) is 0 Å². The second-order valence-electron chi connectivity index (χ2n) is 2.75. The van der Waals surface area contributed by atoms with Crippen LogP contribution in [0.1, 0.15) is 11.4 Å². The van der Waals surface area contributed by atoms with Crippen molar-refractivity contribution in [1.29, 1.82) is 0 Å². The average Bonchev–Trinajstić information content (AvgIpc) is 2.28. The van der Waals surface area contributed by atoms with Gasteiger partial charge >= 0.3 is 0 Å². The number of nitrogens with two attached hydrogens (primary N) is 1. The molecule has 0 unspecified atom stereocenters. The molecule has 3 N–H and O–H groups in total. The normalized spacial score (nSPS) is 9.83. The molecule has 12 heavy (non-hydrogen) atoms. The van der Waals surface area contributed by atoms with Crippen LogP contribution in [-0.4, -0.2) is 17.1 Å². The van der Waals surface area contributed by atoms with Crippen molar-refractivity contribution in [3.63, 3.8) is 0 Å². The first kappa shape index (κ1) is 8.64. The number of rotatable bonds is 3. The van der Waals surface area contributed by atoms with Crippen LogP contribution in [0.2, 0.25) is 0 Å². The molecule has 0 aliphatic heterocycles. The van der Waals surface area contributed by atoms with Crippen molar-refractivity contribution >= 4 is 5.91 Å². The largest absolute Gasteiger partial charge is 0.368 e. The molecular weight excluding hydrogens is 154 g/mol.